The van der Waals surface area contributed by atoms with Gasteiger partial charge in [0.15, 0.2) is 5.65 Å². The predicted molar refractivity (Wildman–Crippen MR) is 76.7 cm³/mol. The molecule has 2 aromatic heterocycles. The molecule has 0 spiro atoms. The molecule has 0 radical (unpaired) electrons. The van der Waals surface area contributed by atoms with Crippen LogP contribution in [-0.2, 0) is 6.18 Å². The van der Waals surface area contributed by atoms with Gasteiger partial charge in [-0.3, -0.25) is 4.79 Å². The Labute approximate surface area is 128 Å². The van der Waals surface area contributed by atoms with Gasteiger partial charge in [-0.2, -0.15) is 18.3 Å². The van der Waals surface area contributed by atoms with Gasteiger partial charge >= 0.3 is 6.18 Å². The summed E-state index contributed by atoms with van der Waals surface area (Å²) in [6.07, 6.45) is -1.72. The number of aromatic nitrogens is 3. The average molecular weight is 320 g/mol. The van der Waals surface area contributed by atoms with Gasteiger partial charge in [0, 0.05) is 11.8 Å². The third-order valence-electron chi connectivity index (χ3n) is 3.44. The van der Waals surface area contributed by atoms with Crippen molar-refractivity contribution >= 4 is 11.6 Å². The van der Waals surface area contributed by atoms with Crippen LogP contribution in [0.25, 0.3) is 16.9 Å². The van der Waals surface area contributed by atoms with Crippen molar-refractivity contribution in [1.29, 1.82) is 0 Å². The number of hydrogen-bond donors (Lipinski definition) is 1. The van der Waals surface area contributed by atoms with Crippen molar-refractivity contribution in [1.82, 2.24) is 14.6 Å². The first-order valence-electron chi connectivity index (χ1n) is 6.60. The molecular formula is C15H11F3N4O. The topological polar surface area (TPSA) is 73.3 Å². The Bertz CT molecular complexity index is 915. The smallest absolute Gasteiger partial charge is 0.365 e. The van der Waals surface area contributed by atoms with Gasteiger partial charge in [-0.05, 0) is 24.6 Å². The fourth-order valence-corrected chi connectivity index (χ4v) is 2.38. The summed E-state index contributed by atoms with van der Waals surface area (Å²) in [6.45, 7) is 1.70. The molecule has 1 aromatic carbocycles. The maximum absolute atomic E-state index is 12.9. The lowest BCUT2D eigenvalue weighted by Gasteiger charge is -2.12. The molecule has 0 aliphatic heterocycles. The van der Waals surface area contributed by atoms with Crippen LogP contribution in [0.1, 0.15) is 21.5 Å². The molecule has 0 aliphatic carbocycles. The molecule has 5 nitrogen and oxygen atoms in total. The molecular weight excluding hydrogens is 309 g/mol. The predicted octanol–water partition coefficient (Wildman–Crippen LogP) is 2.82. The number of primary amides is 1. The lowest BCUT2D eigenvalue weighted by Crippen LogP contribution is -2.11. The van der Waals surface area contributed by atoms with Crippen LogP contribution in [0, 0.1) is 6.92 Å². The monoisotopic (exact) mass is 320 g/mol. The van der Waals surface area contributed by atoms with Crippen molar-refractivity contribution in [3.8, 4) is 11.3 Å². The number of nitrogens with two attached hydrogens (primary N) is 1. The SMILES string of the molecule is Cc1cnc2c(C(N)=O)cnn2c1-c1cccc(C(F)(F)F)c1. The fraction of sp³-hybridized carbons (Fsp3) is 0.133. The summed E-state index contributed by atoms with van der Waals surface area (Å²) in [7, 11) is 0. The van der Waals surface area contributed by atoms with Crippen LogP contribution in [0.3, 0.4) is 0 Å². The van der Waals surface area contributed by atoms with Crippen LogP contribution in [0.5, 0.6) is 0 Å². The lowest BCUT2D eigenvalue weighted by molar-refractivity contribution is -0.137. The molecule has 0 fully saturated rings. The second-order valence-electron chi connectivity index (χ2n) is 5.03. The molecule has 0 unspecified atom stereocenters. The highest BCUT2D eigenvalue weighted by molar-refractivity contribution is 5.98. The average Bonchev–Trinajstić information content (AvgIpc) is 2.90. The molecule has 2 heterocycles. The molecule has 0 saturated heterocycles. The largest absolute Gasteiger partial charge is 0.416 e. The first-order valence-corrected chi connectivity index (χ1v) is 6.60. The standard InChI is InChI=1S/C15H11F3N4O/c1-8-6-20-14-11(13(19)23)7-21-22(14)12(8)9-3-2-4-10(5-9)15(16,17)18/h2-7H,1H3,(H2,19,23). The van der Waals surface area contributed by atoms with Crippen molar-refractivity contribution in [2.75, 3.05) is 0 Å². The third kappa shape index (κ3) is 2.52. The van der Waals surface area contributed by atoms with Gasteiger partial charge < -0.3 is 5.73 Å². The molecule has 0 atom stereocenters. The second-order valence-corrected chi connectivity index (χ2v) is 5.03. The first-order chi connectivity index (χ1) is 10.8. The number of fused-ring (bicyclic) bond motifs is 1. The maximum atomic E-state index is 12.9. The normalized spacial score (nSPS) is 11.8. The second kappa shape index (κ2) is 5.08. The molecule has 0 bridgehead atoms. The maximum Gasteiger partial charge on any atom is 0.416 e. The number of hydrogen-bond acceptors (Lipinski definition) is 3. The van der Waals surface area contributed by atoms with Crippen LogP contribution in [0.15, 0.2) is 36.7 Å². The highest BCUT2D eigenvalue weighted by Gasteiger charge is 2.30. The summed E-state index contributed by atoms with van der Waals surface area (Å²) < 4.78 is 40.1. The van der Waals surface area contributed by atoms with Gasteiger partial charge in [0.05, 0.1) is 17.5 Å². The van der Waals surface area contributed by atoms with Crippen molar-refractivity contribution in [3.63, 3.8) is 0 Å². The summed E-state index contributed by atoms with van der Waals surface area (Å²) in [5, 5.41) is 4.04. The molecule has 0 saturated carbocycles. The number of alkyl halides is 3. The number of carbonyl (C=O) groups is 1. The Morgan fingerprint density at radius 3 is 2.65 bits per heavy atom. The van der Waals surface area contributed by atoms with Gasteiger partial charge in [0.25, 0.3) is 5.91 Å². The molecule has 1 amide bonds. The van der Waals surface area contributed by atoms with E-state index in [9.17, 15) is 18.0 Å². The van der Waals surface area contributed by atoms with Crippen LogP contribution >= 0.6 is 0 Å². The van der Waals surface area contributed by atoms with Gasteiger partial charge in [-0.15, -0.1) is 0 Å². The van der Waals surface area contributed by atoms with Crippen molar-refractivity contribution in [3.05, 3.63) is 53.3 Å². The van der Waals surface area contributed by atoms with E-state index >= 15 is 0 Å². The zero-order valence-corrected chi connectivity index (χ0v) is 11.9. The number of halogens is 3. The van der Waals surface area contributed by atoms with Gasteiger partial charge in [0.1, 0.15) is 5.56 Å². The van der Waals surface area contributed by atoms with Gasteiger partial charge in [-0.25, -0.2) is 9.50 Å². The molecule has 3 rings (SSSR count). The van der Waals surface area contributed by atoms with E-state index in [-0.39, 0.29) is 11.2 Å². The van der Waals surface area contributed by atoms with E-state index in [2.05, 4.69) is 10.1 Å². The van der Waals surface area contributed by atoms with Crippen LogP contribution in [-0.4, -0.2) is 20.5 Å². The highest BCUT2D eigenvalue weighted by Crippen LogP contribution is 2.33. The molecule has 118 valence electrons. The zero-order chi connectivity index (χ0) is 16.8. The number of aryl methyl sites for hydroxylation is 1. The van der Waals surface area contributed by atoms with E-state index in [0.717, 1.165) is 12.1 Å². The van der Waals surface area contributed by atoms with Crippen LogP contribution < -0.4 is 5.73 Å². The van der Waals surface area contributed by atoms with Crippen molar-refractivity contribution in [2.24, 2.45) is 5.73 Å². The minimum Gasteiger partial charge on any atom is -0.365 e. The zero-order valence-electron chi connectivity index (χ0n) is 11.9. The number of amides is 1. The minimum absolute atomic E-state index is 0.109. The van der Waals surface area contributed by atoms with Crippen molar-refractivity contribution < 1.29 is 18.0 Å². The van der Waals surface area contributed by atoms with E-state index < -0.39 is 17.6 Å². The van der Waals surface area contributed by atoms with Crippen LogP contribution in [0.4, 0.5) is 13.2 Å². The number of nitrogens with zero attached hydrogens (tertiary/aromatic N) is 3. The Morgan fingerprint density at radius 2 is 2.00 bits per heavy atom. The lowest BCUT2D eigenvalue weighted by atomic mass is 10.0. The molecule has 3 aromatic rings. The highest BCUT2D eigenvalue weighted by atomic mass is 19.4. The van der Waals surface area contributed by atoms with Gasteiger partial charge in [-0.1, -0.05) is 12.1 Å². The quantitative estimate of drug-likeness (QED) is 0.789. The van der Waals surface area contributed by atoms with Crippen LogP contribution in [0.2, 0.25) is 0 Å². The Kier molecular flexibility index (Phi) is 3.32. The summed E-state index contributed by atoms with van der Waals surface area (Å²) in [5.41, 5.74) is 6.17. The van der Waals surface area contributed by atoms with Crippen molar-refractivity contribution in [2.45, 2.75) is 13.1 Å². The number of carbonyl (C=O) groups excluding carboxylic acids is 1. The summed E-state index contributed by atoms with van der Waals surface area (Å²) >= 11 is 0. The Balaban J connectivity index is 2.28. The fourth-order valence-electron chi connectivity index (χ4n) is 2.38. The van der Waals surface area contributed by atoms with E-state index in [0.29, 0.717) is 16.8 Å². The summed E-state index contributed by atoms with van der Waals surface area (Å²) in [5.74, 6) is -0.702. The Hall–Kier alpha value is -2.90. The van der Waals surface area contributed by atoms with Gasteiger partial charge in [0.2, 0.25) is 0 Å². The molecule has 0 aliphatic rings. The van der Waals surface area contributed by atoms with E-state index in [1.54, 1.807) is 13.0 Å². The first kappa shape index (κ1) is 15.0. The number of rotatable bonds is 2. The Morgan fingerprint density at radius 1 is 1.26 bits per heavy atom. The molecule has 2 N–H and O–H groups in total. The minimum atomic E-state index is -4.45. The summed E-state index contributed by atoms with van der Waals surface area (Å²) in [4.78, 5) is 15.5. The molecule has 23 heavy (non-hydrogen) atoms. The number of benzene rings is 1. The summed E-state index contributed by atoms with van der Waals surface area (Å²) in [6, 6.07) is 4.90. The van der Waals surface area contributed by atoms with E-state index in [4.69, 9.17) is 5.73 Å². The van der Waals surface area contributed by atoms with E-state index in [1.807, 2.05) is 0 Å². The molecule has 8 heteroatoms. The third-order valence-corrected chi connectivity index (χ3v) is 3.44. The van der Waals surface area contributed by atoms with E-state index in [1.165, 1.54) is 23.0 Å².